The van der Waals surface area contributed by atoms with Gasteiger partial charge in [0, 0.05) is 6.20 Å². The second-order valence-electron chi connectivity index (χ2n) is 3.39. The minimum Gasteiger partial charge on any atom is -0.306 e. The van der Waals surface area contributed by atoms with Crippen molar-refractivity contribution < 1.29 is 18.0 Å². The highest BCUT2D eigenvalue weighted by Crippen LogP contribution is 2.16. The smallest absolute Gasteiger partial charge is 0.259 e. The molecule has 0 radical (unpaired) electrons. The van der Waals surface area contributed by atoms with Gasteiger partial charge in [-0.15, -0.1) is 0 Å². The Bertz CT molecular complexity index is 651. The maximum atomic E-state index is 13.4. The Morgan fingerprint density at radius 1 is 1.16 bits per heavy atom. The first-order valence-corrected chi connectivity index (χ1v) is 5.30. The number of nitrogens with zero attached hydrogens (tertiary/aromatic N) is 2. The van der Waals surface area contributed by atoms with E-state index in [1.807, 2.05) is 0 Å². The van der Waals surface area contributed by atoms with Gasteiger partial charge in [-0.1, -0.05) is 0 Å². The normalized spacial score (nSPS) is 10.3. The molecule has 0 bridgehead atoms. The van der Waals surface area contributed by atoms with E-state index in [1.54, 1.807) is 0 Å². The number of hydrogen-bond acceptors (Lipinski definition) is 3. The second kappa shape index (κ2) is 5.23. The number of carbonyl (C=O) groups is 1. The number of anilines is 1. The van der Waals surface area contributed by atoms with Gasteiger partial charge < -0.3 is 5.32 Å². The SMILES string of the molecule is O=C(Nc1ccnc(Cl)n1)c1ccc(F)c(F)c1F. The van der Waals surface area contributed by atoms with Crippen LogP contribution < -0.4 is 5.32 Å². The van der Waals surface area contributed by atoms with Gasteiger partial charge in [-0.2, -0.15) is 0 Å². The summed E-state index contributed by atoms with van der Waals surface area (Å²) in [5.74, 6) is -5.63. The zero-order chi connectivity index (χ0) is 14.0. The topological polar surface area (TPSA) is 54.9 Å². The summed E-state index contributed by atoms with van der Waals surface area (Å²) in [5.41, 5.74) is -0.645. The van der Waals surface area contributed by atoms with Crippen LogP contribution in [0.4, 0.5) is 19.0 Å². The molecule has 0 saturated carbocycles. The number of halogens is 4. The lowest BCUT2D eigenvalue weighted by molar-refractivity contribution is 0.102. The minimum atomic E-state index is -1.71. The molecule has 0 spiro atoms. The standard InChI is InChI=1S/C11H5ClF3N3O/c12-11-16-4-3-7(18-11)17-10(19)5-1-2-6(13)9(15)8(5)14/h1-4H,(H,16,17,18,19). The van der Waals surface area contributed by atoms with Crippen LogP contribution in [-0.4, -0.2) is 15.9 Å². The largest absolute Gasteiger partial charge is 0.306 e. The molecular weight excluding hydrogens is 283 g/mol. The lowest BCUT2D eigenvalue weighted by Crippen LogP contribution is -2.16. The fourth-order valence-electron chi connectivity index (χ4n) is 1.29. The molecule has 0 atom stereocenters. The number of rotatable bonds is 2. The van der Waals surface area contributed by atoms with Crippen molar-refractivity contribution in [2.75, 3.05) is 5.32 Å². The quantitative estimate of drug-likeness (QED) is 0.682. The van der Waals surface area contributed by atoms with Crippen LogP contribution in [0.3, 0.4) is 0 Å². The number of hydrogen-bond donors (Lipinski definition) is 1. The molecule has 0 aliphatic rings. The van der Waals surface area contributed by atoms with E-state index in [2.05, 4.69) is 15.3 Å². The van der Waals surface area contributed by atoms with Crippen molar-refractivity contribution in [3.63, 3.8) is 0 Å². The van der Waals surface area contributed by atoms with Gasteiger partial charge in [0.05, 0.1) is 5.56 Å². The average molecular weight is 288 g/mol. The molecule has 19 heavy (non-hydrogen) atoms. The van der Waals surface area contributed by atoms with Gasteiger partial charge >= 0.3 is 0 Å². The summed E-state index contributed by atoms with van der Waals surface area (Å²) < 4.78 is 39.1. The van der Waals surface area contributed by atoms with Gasteiger partial charge in [0.25, 0.3) is 5.91 Å². The number of nitrogens with one attached hydrogen (secondary N) is 1. The van der Waals surface area contributed by atoms with Gasteiger partial charge in [0.1, 0.15) is 5.82 Å². The maximum Gasteiger partial charge on any atom is 0.259 e. The van der Waals surface area contributed by atoms with Crippen molar-refractivity contribution in [2.24, 2.45) is 0 Å². The van der Waals surface area contributed by atoms with Crippen molar-refractivity contribution in [3.05, 3.63) is 52.7 Å². The summed E-state index contributed by atoms with van der Waals surface area (Å²) in [4.78, 5) is 18.9. The molecule has 0 saturated heterocycles. The fourth-order valence-corrected chi connectivity index (χ4v) is 1.44. The summed E-state index contributed by atoms with van der Waals surface area (Å²) in [7, 11) is 0. The Morgan fingerprint density at radius 2 is 1.89 bits per heavy atom. The molecule has 1 amide bonds. The lowest BCUT2D eigenvalue weighted by atomic mass is 10.2. The molecule has 2 aromatic rings. The van der Waals surface area contributed by atoms with E-state index in [-0.39, 0.29) is 11.1 Å². The van der Waals surface area contributed by atoms with Gasteiger partial charge in [-0.05, 0) is 29.8 Å². The first-order valence-electron chi connectivity index (χ1n) is 4.92. The first-order chi connectivity index (χ1) is 8.99. The van der Waals surface area contributed by atoms with Crippen molar-refractivity contribution >= 4 is 23.3 Å². The highest BCUT2D eigenvalue weighted by Gasteiger charge is 2.19. The second-order valence-corrected chi connectivity index (χ2v) is 3.73. The van der Waals surface area contributed by atoms with E-state index in [0.29, 0.717) is 6.07 Å². The van der Waals surface area contributed by atoms with Crippen LogP contribution in [-0.2, 0) is 0 Å². The monoisotopic (exact) mass is 287 g/mol. The van der Waals surface area contributed by atoms with Gasteiger partial charge in [-0.3, -0.25) is 4.79 Å². The maximum absolute atomic E-state index is 13.4. The van der Waals surface area contributed by atoms with Crippen LogP contribution in [0.1, 0.15) is 10.4 Å². The molecule has 1 heterocycles. The third kappa shape index (κ3) is 2.82. The summed E-state index contributed by atoms with van der Waals surface area (Å²) in [6.07, 6.45) is 1.27. The Balaban J connectivity index is 2.28. The average Bonchev–Trinajstić information content (AvgIpc) is 2.36. The van der Waals surface area contributed by atoms with Crippen LogP contribution in [0.5, 0.6) is 0 Å². The Hall–Kier alpha value is -2.15. The third-order valence-electron chi connectivity index (χ3n) is 2.15. The predicted octanol–water partition coefficient (Wildman–Crippen LogP) is 2.80. The number of benzene rings is 1. The summed E-state index contributed by atoms with van der Waals surface area (Å²) in [6.45, 7) is 0. The molecule has 0 fully saturated rings. The lowest BCUT2D eigenvalue weighted by Gasteiger charge is -2.06. The highest BCUT2D eigenvalue weighted by molar-refractivity contribution is 6.28. The predicted molar refractivity (Wildman–Crippen MR) is 61.3 cm³/mol. The Morgan fingerprint density at radius 3 is 2.58 bits per heavy atom. The summed E-state index contributed by atoms with van der Waals surface area (Å²) >= 11 is 5.49. The molecular formula is C11H5ClF3N3O. The van der Waals surface area contributed by atoms with Crippen LogP contribution in [0.2, 0.25) is 5.28 Å². The van der Waals surface area contributed by atoms with E-state index >= 15 is 0 Å². The van der Waals surface area contributed by atoms with Crippen LogP contribution >= 0.6 is 11.6 Å². The minimum absolute atomic E-state index is 0.00846. The highest BCUT2D eigenvalue weighted by atomic mass is 35.5. The molecule has 4 nitrogen and oxygen atoms in total. The molecule has 0 aliphatic heterocycles. The van der Waals surface area contributed by atoms with E-state index < -0.39 is 28.9 Å². The van der Waals surface area contributed by atoms with Gasteiger partial charge in [0.2, 0.25) is 5.28 Å². The van der Waals surface area contributed by atoms with Crippen LogP contribution in [0.25, 0.3) is 0 Å². The van der Waals surface area contributed by atoms with E-state index in [0.717, 1.165) is 6.07 Å². The third-order valence-corrected chi connectivity index (χ3v) is 2.33. The van der Waals surface area contributed by atoms with Crippen molar-refractivity contribution in [2.45, 2.75) is 0 Å². The molecule has 8 heteroatoms. The molecule has 2 rings (SSSR count). The first kappa shape index (κ1) is 13.3. The van der Waals surface area contributed by atoms with E-state index in [9.17, 15) is 18.0 Å². The molecule has 1 aromatic carbocycles. The van der Waals surface area contributed by atoms with Crippen molar-refractivity contribution in [1.82, 2.24) is 9.97 Å². The Labute approximate surface area is 110 Å². The van der Waals surface area contributed by atoms with Crippen molar-refractivity contribution in [3.8, 4) is 0 Å². The number of amides is 1. The molecule has 0 unspecified atom stereocenters. The van der Waals surface area contributed by atoms with Crippen molar-refractivity contribution in [1.29, 1.82) is 0 Å². The number of aromatic nitrogens is 2. The molecule has 98 valence electrons. The van der Waals surface area contributed by atoms with E-state index in [1.165, 1.54) is 12.3 Å². The molecule has 1 aromatic heterocycles. The fraction of sp³-hybridized carbons (Fsp3) is 0. The van der Waals surface area contributed by atoms with E-state index in [4.69, 9.17) is 11.6 Å². The number of carbonyl (C=O) groups excluding carboxylic acids is 1. The zero-order valence-corrected chi connectivity index (χ0v) is 9.88. The van der Waals surface area contributed by atoms with Gasteiger partial charge in [-0.25, -0.2) is 23.1 Å². The van der Waals surface area contributed by atoms with Gasteiger partial charge in [0.15, 0.2) is 17.5 Å². The molecule has 0 aliphatic carbocycles. The summed E-state index contributed by atoms with van der Waals surface area (Å²) in [6, 6.07) is 2.79. The molecule has 1 N–H and O–H groups in total. The van der Waals surface area contributed by atoms with Crippen LogP contribution in [0.15, 0.2) is 24.4 Å². The Kier molecular flexibility index (Phi) is 3.66. The zero-order valence-electron chi connectivity index (χ0n) is 9.12. The summed E-state index contributed by atoms with van der Waals surface area (Å²) in [5, 5.41) is 2.06. The van der Waals surface area contributed by atoms with Crippen LogP contribution in [0, 0.1) is 17.5 Å².